The van der Waals surface area contributed by atoms with Gasteiger partial charge in [0.2, 0.25) is 0 Å². The SMILES string of the molecule is CCCCCCCCCC[C@H]([C@@H](O)c1ccccc1)N1CCCCC1. The van der Waals surface area contributed by atoms with Gasteiger partial charge in [0.25, 0.3) is 0 Å². The van der Waals surface area contributed by atoms with Crippen molar-refractivity contribution < 1.29 is 5.11 Å². The van der Waals surface area contributed by atoms with Gasteiger partial charge in [-0.1, -0.05) is 95.0 Å². The van der Waals surface area contributed by atoms with E-state index in [4.69, 9.17) is 0 Å². The fourth-order valence-electron chi connectivity index (χ4n) is 4.15. The predicted molar refractivity (Wildman–Crippen MR) is 108 cm³/mol. The normalized spacial score (nSPS) is 18.2. The van der Waals surface area contributed by atoms with E-state index in [1.54, 1.807) is 0 Å². The van der Waals surface area contributed by atoms with Gasteiger partial charge in [0.05, 0.1) is 6.10 Å². The van der Waals surface area contributed by atoms with E-state index in [-0.39, 0.29) is 6.10 Å². The van der Waals surface area contributed by atoms with E-state index in [1.165, 1.54) is 70.6 Å². The van der Waals surface area contributed by atoms with Crippen molar-refractivity contribution in [3.05, 3.63) is 35.9 Å². The van der Waals surface area contributed by atoms with Crippen LogP contribution in [0.5, 0.6) is 0 Å². The van der Waals surface area contributed by atoms with Crippen molar-refractivity contribution in [2.45, 2.75) is 96.1 Å². The number of aliphatic hydroxyl groups is 1. The van der Waals surface area contributed by atoms with Gasteiger partial charge in [0.15, 0.2) is 0 Å². The summed E-state index contributed by atoms with van der Waals surface area (Å²) < 4.78 is 0. The molecule has 1 aliphatic rings. The zero-order valence-corrected chi connectivity index (χ0v) is 16.3. The van der Waals surface area contributed by atoms with Gasteiger partial charge in [-0.2, -0.15) is 0 Å². The third-order valence-electron chi connectivity index (χ3n) is 5.72. The Kier molecular flexibility index (Phi) is 10.2. The van der Waals surface area contributed by atoms with E-state index < -0.39 is 0 Å². The number of hydrogen-bond donors (Lipinski definition) is 1. The molecule has 1 heterocycles. The summed E-state index contributed by atoms with van der Waals surface area (Å²) in [7, 11) is 0. The molecule has 0 amide bonds. The Balaban J connectivity index is 1.78. The van der Waals surface area contributed by atoms with Crippen molar-refractivity contribution in [2.75, 3.05) is 13.1 Å². The summed E-state index contributed by atoms with van der Waals surface area (Å²) in [6, 6.07) is 10.6. The number of piperidine rings is 1. The fourth-order valence-corrected chi connectivity index (χ4v) is 4.15. The molecule has 0 bridgehead atoms. The van der Waals surface area contributed by atoms with Crippen LogP contribution in [0.25, 0.3) is 0 Å². The van der Waals surface area contributed by atoms with Gasteiger partial charge in [-0.25, -0.2) is 0 Å². The number of aliphatic hydroxyl groups excluding tert-OH is 1. The zero-order valence-electron chi connectivity index (χ0n) is 16.3. The average Bonchev–Trinajstić information content (AvgIpc) is 2.68. The van der Waals surface area contributed by atoms with Gasteiger partial charge < -0.3 is 5.11 Å². The lowest BCUT2D eigenvalue weighted by atomic mass is 9.94. The first-order valence-electron chi connectivity index (χ1n) is 10.8. The summed E-state index contributed by atoms with van der Waals surface area (Å²) >= 11 is 0. The van der Waals surface area contributed by atoms with Gasteiger partial charge in [-0.15, -0.1) is 0 Å². The largest absolute Gasteiger partial charge is 0.387 e. The third-order valence-corrected chi connectivity index (χ3v) is 5.72. The molecule has 1 aromatic rings. The topological polar surface area (TPSA) is 23.5 Å². The minimum absolute atomic E-state index is 0.294. The van der Waals surface area contributed by atoms with E-state index in [9.17, 15) is 5.11 Å². The first kappa shape index (κ1) is 20.5. The first-order chi connectivity index (χ1) is 12.3. The molecule has 0 radical (unpaired) electrons. The van der Waals surface area contributed by atoms with Crippen molar-refractivity contribution in [3.8, 4) is 0 Å². The van der Waals surface area contributed by atoms with E-state index in [1.807, 2.05) is 18.2 Å². The monoisotopic (exact) mass is 345 g/mol. The summed E-state index contributed by atoms with van der Waals surface area (Å²) in [6.45, 7) is 4.59. The Bertz CT molecular complexity index is 427. The maximum atomic E-state index is 11.0. The lowest BCUT2D eigenvalue weighted by Crippen LogP contribution is -2.42. The Labute approximate surface area is 155 Å². The highest BCUT2D eigenvalue weighted by Crippen LogP contribution is 2.28. The lowest BCUT2D eigenvalue weighted by Gasteiger charge is -2.37. The highest BCUT2D eigenvalue weighted by Gasteiger charge is 2.27. The van der Waals surface area contributed by atoms with Crippen LogP contribution >= 0.6 is 0 Å². The second kappa shape index (κ2) is 12.5. The third kappa shape index (κ3) is 7.50. The molecule has 1 N–H and O–H groups in total. The van der Waals surface area contributed by atoms with E-state index >= 15 is 0 Å². The van der Waals surface area contributed by atoms with Gasteiger partial charge in [0, 0.05) is 6.04 Å². The molecule has 2 heteroatoms. The van der Waals surface area contributed by atoms with Crippen LogP contribution in [0.1, 0.15) is 95.6 Å². The maximum absolute atomic E-state index is 11.0. The molecular weight excluding hydrogens is 306 g/mol. The number of likely N-dealkylation sites (tertiary alicyclic amines) is 1. The molecule has 2 atom stereocenters. The Morgan fingerprint density at radius 1 is 0.840 bits per heavy atom. The molecule has 2 rings (SSSR count). The number of rotatable bonds is 12. The van der Waals surface area contributed by atoms with Crippen LogP contribution in [0.4, 0.5) is 0 Å². The van der Waals surface area contributed by atoms with Crippen LogP contribution in [0.15, 0.2) is 30.3 Å². The smallest absolute Gasteiger partial charge is 0.0945 e. The minimum Gasteiger partial charge on any atom is -0.387 e. The van der Waals surface area contributed by atoms with Crippen LogP contribution in [0, 0.1) is 0 Å². The molecule has 1 fully saturated rings. The van der Waals surface area contributed by atoms with Crippen molar-refractivity contribution in [1.82, 2.24) is 4.90 Å². The van der Waals surface area contributed by atoms with Gasteiger partial charge >= 0.3 is 0 Å². The maximum Gasteiger partial charge on any atom is 0.0945 e. The summed E-state index contributed by atoms with van der Waals surface area (Å²) in [6.07, 6.45) is 15.5. The van der Waals surface area contributed by atoms with Gasteiger partial charge in [0.1, 0.15) is 0 Å². The number of benzene rings is 1. The fraction of sp³-hybridized carbons (Fsp3) is 0.739. The van der Waals surface area contributed by atoms with E-state index in [2.05, 4.69) is 24.0 Å². The second-order valence-corrected chi connectivity index (χ2v) is 7.78. The van der Waals surface area contributed by atoms with Crippen molar-refractivity contribution >= 4 is 0 Å². The Morgan fingerprint density at radius 3 is 2.08 bits per heavy atom. The molecule has 0 aliphatic carbocycles. The van der Waals surface area contributed by atoms with Crippen molar-refractivity contribution in [1.29, 1.82) is 0 Å². The molecule has 1 saturated heterocycles. The number of nitrogens with zero attached hydrogens (tertiary/aromatic N) is 1. The predicted octanol–water partition coefficient (Wildman–Crippen LogP) is 6.11. The van der Waals surface area contributed by atoms with Crippen LogP contribution in [-0.2, 0) is 0 Å². The van der Waals surface area contributed by atoms with Crippen molar-refractivity contribution in [3.63, 3.8) is 0 Å². The van der Waals surface area contributed by atoms with Gasteiger partial charge in [-0.05, 0) is 37.9 Å². The zero-order chi connectivity index (χ0) is 17.7. The van der Waals surface area contributed by atoms with Crippen LogP contribution in [-0.4, -0.2) is 29.1 Å². The highest BCUT2D eigenvalue weighted by atomic mass is 16.3. The van der Waals surface area contributed by atoms with Crippen LogP contribution in [0.2, 0.25) is 0 Å². The molecule has 0 saturated carbocycles. The van der Waals surface area contributed by atoms with E-state index in [0.717, 1.165) is 25.1 Å². The second-order valence-electron chi connectivity index (χ2n) is 7.78. The Hall–Kier alpha value is -0.860. The Morgan fingerprint density at radius 2 is 1.44 bits per heavy atom. The molecular formula is C23H39NO. The quantitative estimate of drug-likeness (QED) is 0.462. The summed E-state index contributed by atoms with van der Waals surface area (Å²) in [4.78, 5) is 2.56. The van der Waals surface area contributed by atoms with Crippen molar-refractivity contribution in [2.24, 2.45) is 0 Å². The highest BCUT2D eigenvalue weighted by molar-refractivity contribution is 5.19. The minimum atomic E-state index is -0.344. The summed E-state index contributed by atoms with van der Waals surface area (Å²) in [5.74, 6) is 0. The summed E-state index contributed by atoms with van der Waals surface area (Å²) in [5.41, 5.74) is 1.08. The van der Waals surface area contributed by atoms with Crippen LogP contribution < -0.4 is 0 Å². The molecule has 2 nitrogen and oxygen atoms in total. The molecule has 0 aromatic heterocycles. The standard InChI is InChI=1S/C23H39NO/c1-2-3-4-5-6-7-8-13-18-22(24-19-14-10-15-20-24)23(25)21-16-11-9-12-17-21/h9,11-12,16-17,22-23,25H,2-8,10,13-15,18-20H2,1H3/t22-,23+/m1/s1. The average molecular weight is 346 g/mol. The lowest BCUT2D eigenvalue weighted by molar-refractivity contribution is 0.0311. The number of unbranched alkanes of at least 4 members (excludes halogenated alkanes) is 7. The molecule has 0 spiro atoms. The van der Waals surface area contributed by atoms with E-state index in [0.29, 0.717) is 6.04 Å². The van der Waals surface area contributed by atoms with Gasteiger partial charge in [-0.3, -0.25) is 4.90 Å². The summed E-state index contributed by atoms with van der Waals surface area (Å²) in [5, 5.41) is 11.0. The first-order valence-corrected chi connectivity index (χ1v) is 10.8. The molecule has 1 aliphatic heterocycles. The number of hydrogen-bond acceptors (Lipinski definition) is 2. The molecule has 142 valence electrons. The molecule has 0 unspecified atom stereocenters. The van der Waals surface area contributed by atoms with Crippen LogP contribution in [0.3, 0.4) is 0 Å². The molecule has 1 aromatic carbocycles. The molecule has 25 heavy (non-hydrogen) atoms.